The highest BCUT2D eigenvalue weighted by Gasteiger charge is 2.14. The number of benzene rings is 2. The van der Waals surface area contributed by atoms with Gasteiger partial charge in [-0.2, -0.15) is 0 Å². The van der Waals surface area contributed by atoms with Gasteiger partial charge in [-0.15, -0.1) is 0 Å². The summed E-state index contributed by atoms with van der Waals surface area (Å²) in [5.41, 5.74) is 0.826. The molecule has 0 radical (unpaired) electrons. The minimum atomic E-state index is -0.422. The molecule has 0 bridgehead atoms. The Hall–Kier alpha value is -2.95. The maximum atomic E-state index is 13.7. The van der Waals surface area contributed by atoms with E-state index in [-0.39, 0.29) is 23.9 Å². The standard InChI is InChI=1S/C19H15F2NO2/c20-15-7-3-1-5-13(15)11-12-22-19(23)18-10-9-17(24-18)14-6-2-4-8-16(14)21/h1-10H,11-12H2,(H,22,23). The molecule has 24 heavy (non-hydrogen) atoms. The zero-order valence-corrected chi connectivity index (χ0v) is 12.8. The maximum Gasteiger partial charge on any atom is 0.287 e. The number of nitrogens with one attached hydrogen (secondary N) is 1. The summed E-state index contributed by atoms with van der Waals surface area (Å²) in [4.78, 5) is 12.1. The summed E-state index contributed by atoms with van der Waals surface area (Å²) in [6.07, 6.45) is 0.374. The Morgan fingerprint density at radius 2 is 1.62 bits per heavy atom. The lowest BCUT2D eigenvalue weighted by atomic mass is 10.1. The minimum Gasteiger partial charge on any atom is -0.451 e. The molecule has 0 aliphatic rings. The van der Waals surface area contributed by atoms with Crippen LogP contribution in [0.5, 0.6) is 0 Å². The van der Waals surface area contributed by atoms with E-state index in [0.717, 1.165) is 0 Å². The van der Waals surface area contributed by atoms with Crippen molar-refractivity contribution in [2.45, 2.75) is 6.42 Å². The summed E-state index contributed by atoms with van der Waals surface area (Å²) in [6, 6.07) is 15.6. The molecule has 3 rings (SSSR count). The SMILES string of the molecule is O=C(NCCc1ccccc1F)c1ccc(-c2ccccc2F)o1. The highest BCUT2D eigenvalue weighted by molar-refractivity contribution is 5.92. The van der Waals surface area contributed by atoms with E-state index >= 15 is 0 Å². The molecule has 1 heterocycles. The molecule has 5 heteroatoms. The zero-order valence-electron chi connectivity index (χ0n) is 12.8. The van der Waals surface area contributed by atoms with Gasteiger partial charge in [0.15, 0.2) is 5.76 Å². The zero-order chi connectivity index (χ0) is 16.9. The van der Waals surface area contributed by atoms with Gasteiger partial charge in [-0.3, -0.25) is 4.79 Å². The molecule has 0 saturated heterocycles. The van der Waals surface area contributed by atoms with Gasteiger partial charge in [0.2, 0.25) is 0 Å². The first-order valence-electron chi connectivity index (χ1n) is 7.51. The second-order valence-corrected chi connectivity index (χ2v) is 5.24. The van der Waals surface area contributed by atoms with Gasteiger partial charge in [0.25, 0.3) is 5.91 Å². The topological polar surface area (TPSA) is 42.2 Å². The van der Waals surface area contributed by atoms with Crippen LogP contribution < -0.4 is 5.32 Å². The fraction of sp³-hybridized carbons (Fsp3) is 0.105. The van der Waals surface area contributed by atoms with Gasteiger partial charge in [0.1, 0.15) is 17.4 Å². The predicted molar refractivity (Wildman–Crippen MR) is 86.5 cm³/mol. The van der Waals surface area contributed by atoms with Crippen LogP contribution in [0.4, 0.5) is 8.78 Å². The minimum absolute atomic E-state index is 0.0850. The molecule has 0 saturated carbocycles. The molecule has 0 atom stereocenters. The molecular formula is C19H15F2NO2. The van der Waals surface area contributed by atoms with E-state index in [4.69, 9.17) is 4.42 Å². The Labute approximate surface area is 137 Å². The van der Waals surface area contributed by atoms with E-state index in [0.29, 0.717) is 17.5 Å². The van der Waals surface area contributed by atoms with Crippen LogP contribution in [0.3, 0.4) is 0 Å². The van der Waals surface area contributed by atoms with Gasteiger partial charge < -0.3 is 9.73 Å². The first-order valence-corrected chi connectivity index (χ1v) is 7.51. The molecule has 1 amide bonds. The molecule has 0 aliphatic carbocycles. The van der Waals surface area contributed by atoms with Crippen molar-refractivity contribution in [1.82, 2.24) is 5.32 Å². The van der Waals surface area contributed by atoms with Gasteiger partial charge in [-0.25, -0.2) is 8.78 Å². The smallest absolute Gasteiger partial charge is 0.287 e. The summed E-state index contributed by atoms with van der Waals surface area (Å²) in [7, 11) is 0. The number of furan rings is 1. The van der Waals surface area contributed by atoms with E-state index in [1.54, 1.807) is 42.5 Å². The molecule has 2 aromatic carbocycles. The van der Waals surface area contributed by atoms with E-state index in [1.165, 1.54) is 18.2 Å². The lowest BCUT2D eigenvalue weighted by molar-refractivity contribution is 0.0927. The molecule has 3 aromatic rings. The quantitative estimate of drug-likeness (QED) is 0.763. The molecule has 0 spiro atoms. The van der Waals surface area contributed by atoms with E-state index in [9.17, 15) is 13.6 Å². The molecule has 1 N–H and O–H groups in total. The summed E-state index contributed by atoms with van der Waals surface area (Å²) < 4.78 is 32.6. The second kappa shape index (κ2) is 7.08. The summed E-state index contributed by atoms with van der Waals surface area (Å²) >= 11 is 0. The highest BCUT2D eigenvalue weighted by atomic mass is 19.1. The van der Waals surface area contributed by atoms with Crippen molar-refractivity contribution in [2.24, 2.45) is 0 Å². The van der Waals surface area contributed by atoms with Crippen LogP contribution in [0.25, 0.3) is 11.3 Å². The number of hydrogen-bond acceptors (Lipinski definition) is 2. The van der Waals surface area contributed by atoms with Gasteiger partial charge in [0, 0.05) is 6.54 Å². The van der Waals surface area contributed by atoms with Crippen molar-refractivity contribution in [3.63, 3.8) is 0 Å². The number of rotatable bonds is 5. The average molecular weight is 327 g/mol. The molecule has 0 aliphatic heterocycles. The first-order chi connectivity index (χ1) is 11.6. The Balaban J connectivity index is 1.62. The lowest BCUT2D eigenvalue weighted by Gasteiger charge is -2.04. The Bertz CT molecular complexity index is 858. The maximum absolute atomic E-state index is 13.7. The van der Waals surface area contributed by atoms with Gasteiger partial charge in [-0.1, -0.05) is 30.3 Å². The Kier molecular flexibility index (Phi) is 4.70. The summed E-state index contributed by atoms with van der Waals surface area (Å²) in [6.45, 7) is 0.273. The number of hydrogen-bond donors (Lipinski definition) is 1. The second-order valence-electron chi connectivity index (χ2n) is 5.24. The monoisotopic (exact) mass is 327 g/mol. The Morgan fingerprint density at radius 3 is 2.38 bits per heavy atom. The van der Waals surface area contributed by atoms with Crippen LogP contribution in [0.2, 0.25) is 0 Å². The molecular weight excluding hydrogens is 312 g/mol. The van der Waals surface area contributed by atoms with Crippen molar-refractivity contribution >= 4 is 5.91 Å². The molecule has 122 valence electrons. The highest BCUT2D eigenvalue weighted by Crippen LogP contribution is 2.24. The molecule has 0 unspecified atom stereocenters. The third kappa shape index (κ3) is 3.51. The largest absolute Gasteiger partial charge is 0.451 e. The van der Waals surface area contributed by atoms with Gasteiger partial charge in [-0.05, 0) is 42.3 Å². The van der Waals surface area contributed by atoms with E-state index in [2.05, 4.69) is 5.32 Å². The molecule has 1 aromatic heterocycles. The van der Waals surface area contributed by atoms with Crippen LogP contribution in [0.1, 0.15) is 16.1 Å². The summed E-state index contributed by atoms with van der Waals surface area (Å²) in [5.74, 6) is -0.770. The molecule has 3 nitrogen and oxygen atoms in total. The van der Waals surface area contributed by atoms with E-state index in [1.807, 2.05) is 0 Å². The van der Waals surface area contributed by atoms with Crippen molar-refractivity contribution in [3.05, 3.63) is 83.6 Å². The van der Waals surface area contributed by atoms with Gasteiger partial charge >= 0.3 is 0 Å². The van der Waals surface area contributed by atoms with Crippen LogP contribution >= 0.6 is 0 Å². The Morgan fingerprint density at radius 1 is 0.917 bits per heavy atom. The fourth-order valence-corrected chi connectivity index (χ4v) is 2.36. The lowest BCUT2D eigenvalue weighted by Crippen LogP contribution is -2.25. The van der Waals surface area contributed by atoms with Crippen LogP contribution in [-0.4, -0.2) is 12.5 Å². The van der Waals surface area contributed by atoms with Crippen LogP contribution in [0.15, 0.2) is 65.1 Å². The normalized spacial score (nSPS) is 10.6. The third-order valence-electron chi connectivity index (χ3n) is 3.61. The summed E-state index contributed by atoms with van der Waals surface area (Å²) in [5, 5.41) is 2.66. The fourth-order valence-electron chi connectivity index (χ4n) is 2.36. The number of carbonyl (C=O) groups is 1. The predicted octanol–water partition coefficient (Wildman–Crippen LogP) is 4.20. The third-order valence-corrected chi connectivity index (χ3v) is 3.61. The first kappa shape index (κ1) is 15.9. The molecule has 0 fully saturated rings. The van der Waals surface area contributed by atoms with Crippen molar-refractivity contribution in [3.8, 4) is 11.3 Å². The number of carbonyl (C=O) groups excluding carboxylic acids is 1. The van der Waals surface area contributed by atoms with Crippen molar-refractivity contribution < 1.29 is 18.0 Å². The van der Waals surface area contributed by atoms with Crippen molar-refractivity contribution in [2.75, 3.05) is 6.54 Å². The van der Waals surface area contributed by atoms with Crippen molar-refractivity contribution in [1.29, 1.82) is 0 Å². The van der Waals surface area contributed by atoms with Crippen LogP contribution in [0, 0.1) is 11.6 Å². The van der Waals surface area contributed by atoms with Crippen LogP contribution in [-0.2, 0) is 6.42 Å². The number of halogens is 2. The number of amides is 1. The average Bonchev–Trinajstić information content (AvgIpc) is 3.07. The van der Waals surface area contributed by atoms with E-state index < -0.39 is 11.7 Å². The van der Waals surface area contributed by atoms with Gasteiger partial charge in [0.05, 0.1) is 5.56 Å².